The van der Waals surface area contributed by atoms with Crippen molar-refractivity contribution in [1.29, 1.82) is 0 Å². The molecule has 1 heterocycles. The van der Waals surface area contributed by atoms with E-state index in [4.69, 9.17) is 39.2 Å². The van der Waals surface area contributed by atoms with Crippen LogP contribution in [0.4, 0.5) is 20.1 Å². The molecule has 2 aromatic rings. The summed E-state index contributed by atoms with van der Waals surface area (Å²) in [7, 11) is 0. The van der Waals surface area contributed by atoms with E-state index in [0.29, 0.717) is 43.4 Å². The van der Waals surface area contributed by atoms with Crippen LogP contribution in [0, 0.1) is 48.9 Å². The highest BCUT2D eigenvalue weighted by Gasteiger charge is 2.30. The summed E-state index contributed by atoms with van der Waals surface area (Å²) in [5, 5.41) is 15.6. The predicted molar refractivity (Wildman–Crippen MR) is 250 cm³/mol. The Morgan fingerprint density at radius 2 is 1.03 bits per heavy atom. The third-order valence-electron chi connectivity index (χ3n) is 10.1. The third-order valence-corrected chi connectivity index (χ3v) is 10.1. The second-order valence-corrected chi connectivity index (χ2v) is 15.2. The quantitative estimate of drug-likeness (QED) is 0.0388. The van der Waals surface area contributed by atoms with Gasteiger partial charge in [0.15, 0.2) is 19.8 Å². The molecular weight excluding hydrogens is 877 g/mol. The Balaban J connectivity index is 1.76. The number of carbonyl (C=O) groups is 8. The first-order valence-electron chi connectivity index (χ1n) is 22.1. The monoisotopic (exact) mass is 934 g/mol. The topological polar surface area (TPSA) is 266 Å². The van der Waals surface area contributed by atoms with E-state index in [1.54, 1.807) is 17.0 Å². The average molecular weight is 935 g/mol. The number of amides is 8. The Kier molecular flexibility index (Phi) is 24.6. The van der Waals surface area contributed by atoms with Crippen molar-refractivity contribution in [1.82, 2.24) is 31.9 Å². The molecule has 3 rings (SSSR count). The first kappa shape index (κ1) is 54.2. The SMILES string of the molecule is C#CCOC(=O)NCCCC[C@H](NC(=O)[C@H](CCCCNC(=O)OCC#C)NC(=O)[C@H](CCCCNC(=O)OCC#C)NC(=O)CCC(=O)N1Cc2ccccc2C#Cc2ccccc21)C(N)=O. The zero-order chi connectivity index (χ0) is 49.5. The molecule has 0 radical (unpaired) electrons. The summed E-state index contributed by atoms with van der Waals surface area (Å²) in [6.07, 6.45) is 14.9. The maximum absolute atomic E-state index is 14.1. The number of terminal acetylenes is 3. The zero-order valence-electron chi connectivity index (χ0n) is 37.8. The van der Waals surface area contributed by atoms with Crippen molar-refractivity contribution in [3.05, 3.63) is 65.2 Å². The van der Waals surface area contributed by atoms with E-state index in [9.17, 15) is 38.4 Å². The fourth-order valence-electron chi connectivity index (χ4n) is 6.66. The lowest BCUT2D eigenvalue weighted by Crippen LogP contribution is -2.56. The number of primary amides is 1. The molecule has 360 valence electrons. The molecule has 3 atom stereocenters. The Labute approximate surface area is 396 Å². The Bertz CT molecular complexity index is 2270. The van der Waals surface area contributed by atoms with E-state index >= 15 is 0 Å². The third kappa shape index (κ3) is 20.3. The van der Waals surface area contributed by atoms with Gasteiger partial charge in [0, 0.05) is 43.6 Å². The number of carbonyl (C=O) groups excluding carboxylic acids is 8. The molecular formula is C49H58N8O11. The molecule has 0 aromatic heterocycles. The summed E-state index contributed by atoms with van der Waals surface area (Å²) >= 11 is 0. The number of fused-ring (bicyclic) bond motifs is 2. The second kappa shape index (κ2) is 30.9. The average Bonchev–Trinajstić information content (AvgIpc) is 3.32. The van der Waals surface area contributed by atoms with E-state index in [1.165, 1.54) is 0 Å². The van der Waals surface area contributed by atoms with E-state index in [1.807, 2.05) is 36.4 Å². The lowest BCUT2D eigenvalue weighted by Gasteiger charge is -2.26. The molecule has 8 N–H and O–H groups in total. The number of anilines is 1. The van der Waals surface area contributed by atoms with Gasteiger partial charge in [0.2, 0.25) is 29.5 Å². The number of para-hydroxylation sites is 1. The molecule has 0 unspecified atom stereocenters. The van der Waals surface area contributed by atoms with Crippen LogP contribution < -0.4 is 42.5 Å². The van der Waals surface area contributed by atoms with Crippen LogP contribution in [0.1, 0.15) is 87.3 Å². The normalized spacial score (nSPS) is 12.2. The van der Waals surface area contributed by atoms with Gasteiger partial charge < -0.3 is 56.7 Å². The molecule has 0 aliphatic carbocycles. The van der Waals surface area contributed by atoms with Crippen molar-refractivity contribution < 1.29 is 52.6 Å². The van der Waals surface area contributed by atoms with Crippen LogP contribution in [0.2, 0.25) is 0 Å². The summed E-state index contributed by atoms with van der Waals surface area (Å²) in [6, 6.07) is 11.0. The number of nitrogens with two attached hydrogens (primary N) is 1. The molecule has 8 amide bonds. The van der Waals surface area contributed by atoms with Gasteiger partial charge in [0.1, 0.15) is 18.1 Å². The van der Waals surface area contributed by atoms with Crippen molar-refractivity contribution in [2.45, 2.75) is 95.3 Å². The maximum Gasteiger partial charge on any atom is 0.408 e. The van der Waals surface area contributed by atoms with Gasteiger partial charge >= 0.3 is 18.3 Å². The van der Waals surface area contributed by atoms with Crippen LogP contribution in [0.5, 0.6) is 0 Å². The fourth-order valence-corrected chi connectivity index (χ4v) is 6.66. The lowest BCUT2D eigenvalue weighted by atomic mass is 10.0. The molecule has 19 heteroatoms. The molecule has 0 saturated carbocycles. The van der Waals surface area contributed by atoms with Crippen molar-refractivity contribution in [3.63, 3.8) is 0 Å². The minimum atomic E-state index is -1.25. The van der Waals surface area contributed by atoms with E-state index in [0.717, 1.165) is 11.1 Å². The van der Waals surface area contributed by atoms with Gasteiger partial charge in [0.25, 0.3) is 0 Å². The van der Waals surface area contributed by atoms with Crippen LogP contribution >= 0.6 is 0 Å². The second-order valence-electron chi connectivity index (χ2n) is 15.2. The van der Waals surface area contributed by atoms with Gasteiger partial charge in [0.05, 0.1) is 12.2 Å². The van der Waals surface area contributed by atoms with Gasteiger partial charge in [-0.05, 0) is 81.5 Å². The summed E-state index contributed by atoms with van der Waals surface area (Å²) < 4.78 is 14.4. The van der Waals surface area contributed by atoms with Gasteiger partial charge in [-0.2, -0.15) is 0 Å². The number of nitrogens with one attached hydrogen (secondary N) is 6. The smallest absolute Gasteiger partial charge is 0.408 e. The van der Waals surface area contributed by atoms with Gasteiger partial charge in [-0.1, -0.05) is 59.9 Å². The van der Waals surface area contributed by atoms with Crippen molar-refractivity contribution in [2.24, 2.45) is 5.73 Å². The highest BCUT2D eigenvalue weighted by atomic mass is 16.6. The number of unbranched alkanes of at least 4 members (excludes halogenated alkanes) is 3. The molecule has 1 aliphatic heterocycles. The molecule has 0 spiro atoms. The largest absolute Gasteiger partial charge is 0.436 e. The van der Waals surface area contributed by atoms with Crippen LogP contribution in [0.3, 0.4) is 0 Å². The number of hydrogen-bond donors (Lipinski definition) is 7. The minimum absolute atomic E-state index is 0.0253. The van der Waals surface area contributed by atoms with Crippen LogP contribution in [-0.2, 0) is 44.7 Å². The molecule has 2 aromatic carbocycles. The first-order chi connectivity index (χ1) is 32.9. The maximum atomic E-state index is 14.1. The standard InChI is InChI=1S/C49H58N8O11/c1-4-31-66-47(63)51-28-14-11-20-38(44(50)60)55-46(62)40(22-13-16-30-53-49(65)68-33-6-3)56-45(61)39(21-12-15-29-52-48(64)67-32-5-2)54-42(58)26-27-43(59)57-34-37-19-8-7-17-35(37)24-25-36-18-9-10-23-41(36)57/h1-3,7-10,17-19,23,38-40H,11-16,20-22,26-34H2,(H2,50,60)(H,51,63)(H,52,64)(H,53,65)(H,54,58)(H,55,62)(H,56,61)/t38-,39-,40-/m0/s1. The molecule has 0 saturated heterocycles. The van der Waals surface area contributed by atoms with Crippen molar-refractivity contribution in [3.8, 4) is 48.9 Å². The van der Waals surface area contributed by atoms with Gasteiger partial charge in [-0.3, -0.25) is 24.0 Å². The number of hydrogen-bond acceptors (Lipinski definition) is 11. The predicted octanol–water partition coefficient (Wildman–Crippen LogP) is 2.24. The van der Waals surface area contributed by atoms with Gasteiger partial charge in [-0.25, -0.2) is 14.4 Å². The van der Waals surface area contributed by atoms with Crippen LogP contribution in [0.25, 0.3) is 0 Å². The summed E-state index contributed by atoms with van der Waals surface area (Å²) in [6.45, 7) is 0.0554. The molecule has 19 nitrogen and oxygen atoms in total. The molecule has 68 heavy (non-hydrogen) atoms. The van der Waals surface area contributed by atoms with Gasteiger partial charge in [-0.15, -0.1) is 19.3 Å². The highest BCUT2D eigenvalue weighted by Crippen LogP contribution is 2.26. The molecule has 0 bridgehead atoms. The first-order valence-corrected chi connectivity index (χ1v) is 22.1. The van der Waals surface area contributed by atoms with Crippen molar-refractivity contribution in [2.75, 3.05) is 44.4 Å². The van der Waals surface area contributed by atoms with Crippen LogP contribution in [0.15, 0.2) is 48.5 Å². The summed E-state index contributed by atoms with van der Waals surface area (Å²) in [5.41, 5.74) is 8.48. The van der Waals surface area contributed by atoms with E-state index in [-0.39, 0.29) is 90.4 Å². The number of alkyl carbamates (subject to hydrolysis) is 3. The Morgan fingerprint density at radius 1 is 0.588 bits per heavy atom. The lowest BCUT2D eigenvalue weighted by molar-refractivity contribution is -0.133. The number of rotatable bonds is 27. The highest BCUT2D eigenvalue weighted by molar-refractivity contribution is 5.98. The van der Waals surface area contributed by atoms with E-state index < -0.39 is 60.0 Å². The zero-order valence-corrected chi connectivity index (χ0v) is 37.8. The van der Waals surface area contributed by atoms with E-state index in [2.05, 4.69) is 61.5 Å². The van der Waals surface area contributed by atoms with Crippen LogP contribution in [-0.4, -0.2) is 105 Å². The number of ether oxygens (including phenoxy) is 3. The fraction of sp³-hybridized carbons (Fsp3) is 0.429. The molecule has 0 fully saturated rings. The number of nitrogens with zero attached hydrogens (tertiary/aromatic N) is 1. The summed E-state index contributed by atoms with van der Waals surface area (Å²) in [5.74, 6) is 9.56. The number of benzene rings is 2. The minimum Gasteiger partial charge on any atom is -0.436 e. The Hall–Kier alpha value is -8.16. The summed E-state index contributed by atoms with van der Waals surface area (Å²) in [4.78, 5) is 105. The van der Waals surface area contributed by atoms with Crippen molar-refractivity contribution >= 4 is 53.5 Å². The molecule has 1 aliphatic rings. The Morgan fingerprint density at radius 3 is 1.54 bits per heavy atom.